The van der Waals surface area contributed by atoms with Crippen LogP contribution in [0, 0.1) is 10.1 Å². The molecular weight excluding hydrogens is 274 g/mol. The Morgan fingerprint density at radius 3 is 2.70 bits per heavy atom. The van der Waals surface area contributed by atoms with Crippen LogP contribution in [-0.4, -0.2) is 30.5 Å². The lowest BCUT2D eigenvalue weighted by Crippen LogP contribution is -2.26. The third-order valence-electron chi connectivity index (χ3n) is 3.14. The molecule has 1 atom stereocenters. The first kappa shape index (κ1) is 14.5. The van der Waals surface area contributed by atoms with Crippen molar-refractivity contribution in [3.05, 3.63) is 56.8 Å². The highest BCUT2D eigenvalue weighted by Crippen LogP contribution is 2.26. The average molecular weight is 291 g/mol. The van der Waals surface area contributed by atoms with E-state index in [0.29, 0.717) is 12.2 Å². The fourth-order valence-electron chi connectivity index (χ4n) is 2.05. The normalized spacial score (nSPS) is 12.3. The number of hydrogen-bond acceptors (Lipinski definition) is 5. The van der Waals surface area contributed by atoms with Gasteiger partial charge in [-0.2, -0.15) is 11.3 Å². The molecule has 0 bridgehead atoms. The van der Waals surface area contributed by atoms with Gasteiger partial charge in [0, 0.05) is 12.6 Å². The molecule has 1 aromatic heterocycles. The van der Waals surface area contributed by atoms with Crippen molar-refractivity contribution in [2.75, 3.05) is 26.0 Å². The first-order chi connectivity index (χ1) is 9.59. The molecule has 0 saturated carbocycles. The molecule has 1 aromatic carbocycles. The summed E-state index contributed by atoms with van der Waals surface area (Å²) >= 11 is 1.65. The van der Waals surface area contributed by atoms with Gasteiger partial charge in [0.05, 0.1) is 11.0 Å². The number of rotatable bonds is 6. The Kier molecular flexibility index (Phi) is 4.70. The number of hydrogen-bond donors (Lipinski definition) is 1. The SMILES string of the molecule is CN(C)C(CNc1ccccc1[N+](=O)[O-])c1ccsc1. The maximum Gasteiger partial charge on any atom is 0.292 e. The van der Waals surface area contributed by atoms with Crippen LogP contribution < -0.4 is 5.32 Å². The predicted molar refractivity (Wildman–Crippen MR) is 82.3 cm³/mol. The number of nitro benzene ring substituents is 1. The largest absolute Gasteiger partial charge is 0.378 e. The van der Waals surface area contributed by atoms with E-state index in [1.807, 2.05) is 19.5 Å². The van der Waals surface area contributed by atoms with Gasteiger partial charge in [-0.05, 0) is 42.6 Å². The zero-order valence-electron chi connectivity index (χ0n) is 11.4. The van der Waals surface area contributed by atoms with Crippen LogP contribution in [-0.2, 0) is 0 Å². The second kappa shape index (κ2) is 6.49. The highest BCUT2D eigenvalue weighted by Gasteiger charge is 2.17. The van der Waals surface area contributed by atoms with Crippen LogP contribution >= 0.6 is 11.3 Å². The smallest absolute Gasteiger partial charge is 0.292 e. The Balaban J connectivity index is 2.13. The van der Waals surface area contributed by atoms with Gasteiger partial charge in [-0.15, -0.1) is 0 Å². The van der Waals surface area contributed by atoms with Gasteiger partial charge in [0.1, 0.15) is 5.69 Å². The fourth-order valence-corrected chi connectivity index (χ4v) is 2.76. The molecule has 2 aromatic rings. The Bertz CT molecular complexity index is 570. The average Bonchev–Trinajstić information content (AvgIpc) is 2.92. The van der Waals surface area contributed by atoms with E-state index >= 15 is 0 Å². The van der Waals surface area contributed by atoms with Crippen molar-refractivity contribution in [3.63, 3.8) is 0 Å². The van der Waals surface area contributed by atoms with Crippen molar-refractivity contribution in [2.24, 2.45) is 0 Å². The first-order valence-electron chi connectivity index (χ1n) is 6.25. The monoisotopic (exact) mass is 291 g/mol. The number of benzene rings is 1. The van der Waals surface area contributed by atoms with Gasteiger partial charge in [0.25, 0.3) is 5.69 Å². The van der Waals surface area contributed by atoms with E-state index in [2.05, 4.69) is 21.7 Å². The van der Waals surface area contributed by atoms with Crippen LogP contribution in [0.25, 0.3) is 0 Å². The fraction of sp³-hybridized carbons (Fsp3) is 0.286. The molecule has 1 unspecified atom stereocenters. The minimum absolute atomic E-state index is 0.107. The second-order valence-electron chi connectivity index (χ2n) is 4.69. The van der Waals surface area contributed by atoms with Gasteiger partial charge in [-0.3, -0.25) is 10.1 Å². The zero-order chi connectivity index (χ0) is 14.5. The quantitative estimate of drug-likeness (QED) is 0.655. The van der Waals surface area contributed by atoms with Crippen molar-refractivity contribution >= 4 is 22.7 Å². The third-order valence-corrected chi connectivity index (χ3v) is 3.84. The first-order valence-corrected chi connectivity index (χ1v) is 7.19. The highest BCUT2D eigenvalue weighted by molar-refractivity contribution is 7.07. The number of thiophene rings is 1. The molecule has 0 aliphatic heterocycles. The van der Waals surface area contributed by atoms with E-state index in [1.54, 1.807) is 29.5 Å². The summed E-state index contributed by atoms with van der Waals surface area (Å²) in [6.45, 7) is 0.620. The number of nitrogens with one attached hydrogen (secondary N) is 1. The molecule has 0 aliphatic rings. The number of nitrogens with zero attached hydrogens (tertiary/aromatic N) is 2. The summed E-state index contributed by atoms with van der Waals surface area (Å²) in [5, 5.41) is 18.3. The van der Waals surface area contributed by atoms with Crippen LogP contribution in [0.5, 0.6) is 0 Å². The number of likely N-dealkylation sites (N-methyl/N-ethyl adjacent to an activating group) is 1. The standard InChI is InChI=1S/C14H17N3O2S/c1-16(2)14(11-7-8-20-10-11)9-15-12-5-3-4-6-13(12)17(18)19/h3-8,10,14-15H,9H2,1-2H3. The van der Waals surface area contributed by atoms with Gasteiger partial charge in [0.15, 0.2) is 0 Å². The Morgan fingerprint density at radius 2 is 2.10 bits per heavy atom. The summed E-state index contributed by atoms with van der Waals surface area (Å²) in [4.78, 5) is 12.7. The van der Waals surface area contributed by atoms with Crippen molar-refractivity contribution < 1.29 is 4.92 Å². The lowest BCUT2D eigenvalue weighted by atomic mass is 10.1. The molecule has 2 rings (SSSR count). The molecule has 0 spiro atoms. The van der Waals surface area contributed by atoms with E-state index in [-0.39, 0.29) is 16.7 Å². The summed E-state index contributed by atoms with van der Waals surface area (Å²) in [6, 6.07) is 8.98. The Labute approximate surface area is 122 Å². The molecule has 1 heterocycles. The summed E-state index contributed by atoms with van der Waals surface area (Å²) in [6.07, 6.45) is 0. The number of nitro groups is 1. The van der Waals surface area contributed by atoms with Crippen LogP contribution in [0.15, 0.2) is 41.1 Å². The summed E-state index contributed by atoms with van der Waals surface area (Å²) in [7, 11) is 4.01. The summed E-state index contributed by atoms with van der Waals surface area (Å²) in [5.74, 6) is 0. The van der Waals surface area contributed by atoms with Gasteiger partial charge in [0.2, 0.25) is 0 Å². The third kappa shape index (κ3) is 3.34. The molecule has 6 heteroatoms. The topological polar surface area (TPSA) is 58.4 Å². The molecular formula is C14H17N3O2S. The lowest BCUT2D eigenvalue weighted by Gasteiger charge is -2.24. The molecule has 0 fully saturated rings. The van der Waals surface area contributed by atoms with Crippen molar-refractivity contribution in [2.45, 2.75) is 6.04 Å². The van der Waals surface area contributed by atoms with Crippen molar-refractivity contribution in [1.29, 1.82) is 0 Å². The van der Waals surface area contributed by atoms with Crippen molar-refractivity contribution in [3.8, 4) is 0 Å². The van der Waals surface area contributed by atoms with E-state index in [1.165, 1.54) is 11.6 Å². The minimum atomic E-state index is -0.364. The molecule has 20 heavy (non-hydrogen) atoms. The lowest BCUT2D eigenvalue weighted by molar-refractivity contribution is -0.384. The van der Waals surface area contributed by atoms with Crippen LogP contribution in [0.2, 0.25) is 0 Å². The molecule has 0 saturated heterocycles. The Morgan fingerprint density at radius 1 is 1.35 bits per heavy atom. The van der Waals surface area contributed by atoms with E-state index in [4.69, 9.17) is 0 Å². The van der Waals surface area contributed by atoms with E-state index in [0.717, 1.165) is 0 Å². The molecule has 1 N–H and O–H groups in total. The number of para-hydroxylation sites is 2. The second-order valence-corrected chi connectivity index (χ2v) is 5.47. The van der Waals surface area contributed by atoms with E-state index < -0.39 is 0 Å². The Hall–Kier alpha value is -1.92. The van der Waals surface area contributed by atoms with Gasteiger partial charge >= 0.3 is 0 Å². The molecule has 106 valence electrons. The minimum Gasteiger partial charge on any atom is -0.378 e. The van der Waals surface area contributed by atoms with Crippen molar-refractivity contribution in [1.82, 2.24) is 4.90 Å². The van der Waals surface area contributed by atoms with Crippen LogP contribution in [0.1, 0.15) is 11.6 Å². The van der Waals surface area contributed by atoms with Crippen LogP contribution in [0.3, 0.4) is 0 Å². The molecule has 0 aliphatic carbocycles. The molecule has 5 nitrogen and oxygen atoms in total. The van der Waals surface area contributed by atoms with Gasteiger partial charge in [-0.25, -0.2) is 0 Å². The van der Waals surface area contributed by atoms with E-state index in [9.17, 15) is 10.1 Å². The number of anilines is 1. The van der Waals surface area contributed by atoms with Crippen LogP contribution in [0.4, 0.5) is 11.4 Å². The highest BCUT2D eigenvalue weighted by atomic mass is 32.1. The zero-order valence-corrected chi connectivity index (χ0v) is 12.3. The summed E-state index contributed by atoms with van der Waals surface area (Å²) in [5.41, 5.74) is 1.88. The maximum atomic E-state index is 11.0. The predicted octanol–water partition coefficient (Wildman–Crippen LogP) is 3.37. The van der Waals surface area contributed by atoms with Gasteiger partial charge < -0.3 is 10.2 Å². The molecule has 0 radical (unpaired) electrons. The molecule has 0 amide bonds. The van der Waals surface area contributed by atoms with Gasteiger partial charge in [-0.1, -0.05) is 12.1 Å². The summed E-state index contributed by atoms with van der Waals surface area (Å²) < 4.78 is 0. The maximum absolute atomic E-state index is 11.0.